The number of thioether (sulfide) groups is 1. The number of aryl methyl sites for hydroxylation is 2. The lowest BCUT2D eigenvalue weighted by Gasteiger charge is -2.14. The van der Waals surface area contributed by atoms with E-state index in [1.165, 1.54) is 22.2 Å². The minimum atomic E-state index is -0.270. The molecule has 7 nitrogen and oxygen atoms in total. The van der Waals surface area contributed by atoms with Gasteiger partial charge in [0, 0.05) is 4.88 Å². The zero-order valence-electron chi connectivity index (χ0n) is 22.4. The molecule has 0 saturated heterocycles. The van der Waals surface area contributed by atoms with Gasteiger partial charge in [0.2, 0.25) is 0 Å². The maximum Gasteiger partial charge on any atom is 0.267 e. The third kappa shape index (κ3) is 6.09. The maximum absolute atomic E-state index is 13.9. The highest BCUT2D eigenvalue weighted by Gasteiger charge is 2.23. The third-order valence-electron chi connectivity index (χ3n) is 6.70. The number of hydrazone groups is 1. The fourth-order valence-corrected chi connectivity index (χ4v) is 6.78. The first-order valence-corrected chi connectivity index (χ1v) is 15.1. The van der Waals surface area contributed by atoms with Crippen LogP contribution in [0.2, 0.25) is 0 Å². The van der Waals surface area contributed by atoms with Crippen LogP contribution in [0.3, 0.4) is 0 Å². The van der Waals surface area contributed by atoms with E-state index in [1.807, 2.05) is 43.3 Å². The average molecular weight is 561 g/mol. The van der Waals surface area contributed by atoms with Crippen LogP contribution in [0.15, 0.2) is 63.6 Å². The van der Waals surface area contributed by atoms with Gasteiger partial charge in [0.1, 0.15) is 10.6 Å². The molecule has 0 atom stereocenters. The second kappa shape index (κ2) is 12.2. The first-order valence-electron chi connectivity index (χ1n) is 13.3. The smallest absolute Gasteiger partial charge is 0.267 e. The van der Waals surface area contributed by atoms with Crippen molar-refractivity contribution in [2.24, 2.45) is 5.10 Å². The van der Waals surface area contributed by atoms with Gasteiger partial charge in [-0.25, -0.2) is 10.4 Å². The zero-order valence-corrected chi connectivity index (χ0v) is 24.0. The fraction of sp³-hybridized carbons (Fsp3) is 0.333. The minimum Gasteiger partial charge on any atom is -0.494 e. The standard InChI is InChI=1S/C30H32N4O3S2/c1-4-37-23-15-13-22(14-16-23)34-29(36)27-24-7-5-6-8-25(24)39-28(27)32-30(34)38-18-26(35)33-31-17-20-9-11-21(12-10-20)19(2)3/h9-17,19H,4-8,18H2,1-3H3,(H,33,35). The highest BCUT2D eigenvalue weighted by atomic mass is 32.2. The summed E-state index contributed by atoms with van der Waals surface area (Å²) in [6.07, 6.45) is 5.74. The zero-order chi connectivity index (χ0) is 27.4. The molecule has 5 rings (SSSR count). The number of hydrogen-bond donors (Lipinski definition) is 1. The van der Waals surface area contributed by atoms with Crippen molar-refractivity contribution in [3.8, 4) is 11.4 Å². The van der Waals surface area contributed by atoms with Crippen LogP contribution >= 0.6 is 23.1 Å². The quantitative estimate of drug-likeness (QED) is 0.116. The summed E-state index contributed by atoms with van der Waals surface area (Å²) in [6, 6.07) is 15.5. The Hall–Kier alpha value is -3.43. The molecule has 2 aromatic heterocycles. The Labute approximate surface area is 236 Å². The highest BCUT2D eigenvalue weighted by Crippen LogP contribution is 2.35. The molecule has 0 radical (unpaired) electrons. The van der Waals surface area contributed by atoms with Crippen LogP contribution in [0.4, 0.5) is 0 Å². The Morgan fingerprint density at radius 3 is 2.62 bits per heavy atom. The number of carbonyl (C=O) groups is 1. The summed E-state index contributed by atoms with van der Waals surface area (Å²) in [6.45, 7) is 6.80. The molecule has 0 unspecified atom stereocenters. The number of ether oxygens (including phenoxy) is 1. The van der Waals surface area contributed by atoms with Crippen LogP contribution < -0.4 is 15.7 Å². The van der Waals surface area contributed by atoms with Crippen molar-refractivity contribution in [3.63, 3.8) is 0 Å². The topological polar surface area (TPSA) is 85.6 Å². The minimum absolute atomic E-state index is 0.0731. The van der Waals surface area contributed by atoms with E-state index in [0.29, 0.717) is 28.8 Å². The van der Waals surface area contributed by atoms with E-state index in [0.717, 1.165) is 47.4 Å². The number of rotatable bonds is 9. The van der Waals surface area contributed by atoms with Gasteiger partial charge in [-0.2, -0.15) is 5.10 Å². The highest BCUT2D eigenvalue weighted by molar-refractivity contribution is 7.99. The molecule has 0 fully saturated rings. The molecule has 9 heteroatoms. The Balaban J connectivity index is 1.38. The number of nitrogens with one attached hydrogen (secondary N) is 1. The number of aromatic nitrogens is 2. The first kappa shape index (κ1) is 27.1. The lowest BCUT2D eigenvalue weighted by molar-refractivity contribution is -0.118. The number of nitrogens with zero attached hydrogens (tertiary/aromatic N) is 3. The van der Waals surface area contributed by atoms with Gasteiger partial charge in [-0.05, 0) is 79.5 Å². The maximum atomic E-state index is 13.9. The number of amides is 1. The van der Waals surface area contributed by atoms with E-state index < -0.39 is 0 Å². The summed E-state index contributed by atoms with van der Waals surface area (Å²) in [5, 5.41) is 5.31. The van der Waals surface area contributed by atoms with Crippen LogP contribution in [0, 0.1) is 0 Å². The SMILES string of the molecule is CCOc1ccc(-n2c(SCC(=O)NN=Cc3ccc(C(C)C)cc3)nc3sc4c(c3c2=O)CCCC4)cc1. The summed E-state index contributed by atoms with van der Waals surface area (Å²) in [4.78, 5) is 33.4. The van der Waals surface area contributed by atoms with Gasteiger partial charge in [0.05, 0.1) is 29.6 Å². The molecular weight excluding hydrogens is 528 g/mol. The van der Waals surface area contributed by atoms with Gasteiger partial charge >= 0.3 is 0 Å². The van der Waals surface area contributed by atoms with Crippen molar-refractivity contribution in [2.75, 3.05) is 12.4 Å². The predicted octanol–water partition coefficient (Wildman–Crippen LogP) is 6.09. The van der Waals surface area contributed by atoms with Crippen molar-refractivity contribution >= 4 is 45.4 Å². The van der Waals surface area contributed by atoms with Crippen molar-refractivity contribution in [2.45, 2.75) is 57.5 Å². The molecule has 1 amide bonds. The number of benzene rings is 2. The van der Waals surface area contributed by atoms with Gasteiger partial charge in [-0.15, -0.1) is 11.3 Å². The molecule has 1 N–H and O–H groups in total. The van der Waals surface area contributed by atoms with Crippen LogP contribution in [0.1, 0.15) is 61.1 Å². The molecule has 1 aliphatic carbocycles. The van der Waals surface area contributed by atoms with Gasteiger partial charge < -0.3 is 4.74 Å². The Bertz CT molecular complexity index is 1550. The molecule has 2 heterocycles. The van der Waals surface area contributed by atoms with E-state index in [4.69, 9.17) is 9.72 Å². The van der Waals surface area contributed by atoms with E-state index in [2.05, 4.69) is 36.5 Å². The largest absolute Gasteiger partial charge is 0.494 e. The second-order valence-corrected chi connectivity index (χ2v) is 11.8. The van der Waals surface area contributed by atoms with Crippen molar-refractivity contribution in [3.05, 3.63) is 80.5 Å². The predicted molar refractivity (Wildman–Crippen MR) is 160 cm³/mol. The first-order chi connectivity index (χ1) is 18.9. The van der Waals surface area contributed by atoms with Crippen molar-refractivity contribution in [1.82, 2.24) is 15.0 Å². The Morgan fingerprint density at radius 1 is 1.15 bits per heavy atom. The van der Waals surface area contributed by atoms with Crippen LogP contribution in [-0.2, 0) is 17.6 Å². The molecule has 4 aromatic rings. The van der Waals surface area contributed by atoms with E-state index >= 15 is 0 Å². The normalized spacial score (nSPS) is 13.2. The van der Waals surface area contributed by atoms with E-state index in [1.54, 1.807) is 22.1 Å². The molecule has 2 aromatic carbocycles. The average Bonchev–Trinajstić information content (AvgIpc) is 3.32. The number of thiophene rings is 1. The van der Waals surface area contributed by atoms with E-state index in [-0.39, 0.29) is 17.2 Å². The lowest BCUT2D eigenvalue weighted by Crippen LogP contribution is -2.24. The third-order valence-corrected chi connectivity index (χ3v) is 8.83. The summed E-state index contributed by atoms with van der Waals surface area (Å²) in [5.74, 6) is 0.999. The summed E-state index contributed by atoms with van der Waals surface area (Å²) < 4.78 is 7.20. The van der Waals surface area contributed by atoms with Gasteiger partial charge in [0.15, 0.2) is 5.16 Å². The molecule has 39 heavy (non-hydrogen) atoms. The summed E-state index contributed by atoms with van der Waals surface area (Å²) in [7, 11) is 0. The lowest BCUT2D eigenvalue weighted by atomic mass is 9.97. The van der Waals surface area contributed by atoms with Gasteiger partial charge in [-0.1, -0.05) is 49.9 Å². The molecule has 0 bridgehead atoms. The molecule has 0 spiro atoms. The van der Waals surface area contributed by atoms with Crippen molar-refractivity contribution in [1.29, 1.82) is 0 Å². The Kier molecular flexibility index (Phi) is 8.47. The molecular formula is C30H32N4O3S2. The summed E-state index contributed by atoms with van der Waals surface area (Å²) in [5.41, 5.74) is 6.50. The number of fused-ring (bicyclic) bond motifs is 3. The monoisotopic (exact) mass is 560 g/mol. The number of hydrogen-bond acceptors (Lipinski definition) is 7. The molecule has 0 saturated carbocycles. The second-order valence-electron chi connectivity index (χ2n) is 9.76. The summed E-state index contributed by atoms with van der Waals surface area (Å²) >= 11 is 2.84. The van der Waals surface area contributed by atoms with Crippen LogP contribution in [0.25, 0.3) is 15.9 Å². The van der Waals surface area contributed by atoms with Crippen LogP contribution in [-0.4, -0.2) is 34.0 Å². The number of carbonyl (C=O) groups excluding carboxylic acids is 1. The van der Waals surface area contributed by atoms with Gasteiger partial charge in [-0.3, -0.25) is 14.2 Å². The van der Waals surface area contributed by atoms with Gasteiger partial charge in [0.25, 0.3) is 11.5 Å². The Morgan fingerprint density at radius 2 is 1.90 bits per heavy atom. The molecule has 1 aliphatic rings. The molecule has 202 valence electrons. The molecule has 0 aliphatic heterocycles. The fourth-order valence-electron chi connectivity index (χ4n) is 4.68. The van der Waals surface area contributed by atoms with E-state index in [9.17, 15) is 9.59 Å². The van der Waals surface area contributed by atoms with Crippen molar-refractivity contribution < 1.29 is 9.53 Å². The van der Waals surface area contributed by atoms with Crippen LogP contribution in [0.5, 0.6) is 5.75 Å².